The number of ether oxygens (including phenoxy) is 2. The number of esters is 1. The lowest BCUT2D eigenvalue weighted by atomic mass is 9.82. The number of nitrogens with one attached hydrogen (secondary N) is 1. The Kier molecular flexibility index (Phi) is 7.06. The van der Waals surface area contributed by atoms with Crippen molar-refractivity contribution in [1.29, 1.82) is 0 Å². The number of pyridine rings is 1. The predicted octanol–water partition coefficient (Wildman–Crippen LogP) is 5.47. The molecule has 0 bridgehead atoms. The lowest BCUT2D eigenvalue weighted by Gasteiger charge is -2.34. The molecule has 2 heterocycles. The zero-order valence-electron chi connectivity index (χ0n) is 15.9. The third-order valence-electron chi connectivity index (χ3n) is 4.39. The van der Waals surface area contributed by atoms with Crippen molar-refractivity contribution in [3.05, 3.63) is 40.3 Å². The molecule has 0 aromatic carbocycles. The summed E-state index contributed by atoms with van der Waals surface area (Å²) in [6.45, 7) is 3.49. The first-order chi connectivity index (χ1) is 13.3. The third-order valence-corrected chi connectivity index (χ3v) is 4.89. The fourth-order valence-electron chi connectivity index (χ4n) is 2.35. The molecule has 0 spiro atoms. The molecule has 11 heteroatoms. The SMILES string of the molecule is CC(C)(CCC(C)(COc1ccn[nH]1)C(F)(F)F)OC(=O)c1ccc(Cl)nc1Cl. The van der Waals surface area contributed by atoms with Crippen LogP contribution in [0.5, 0.6) is 5.88 Å². The van der Waals surface area contributed by atoms with Crippen LogP contribution < -0.4 is 4.74 Å². The van der Waals surface area contributed by atoms with Gasteiger partial charge in [-0.1, -0.05) is 23.2 Å². The molecule has 0 aliphatic rings. The Bertz CT molecular complexity index is 845. The summed E-state index contributed by atoms with van der Waals surface area (Å²) in [6, 6.07) is 4.13. The normalized spacial score (nSPS) is 14.3. The van der Waals surface area contributed by atoms with Crippen LogP contribution in [-0.4, -0.2) is 39.5 Å². The summed E-state index contributed by atoms with van der Waals surface area (Å²) in [5.41, 5.74) is -3.38. The molecule has 0 aliphatic carbocycles. The van der Waals surface area contributed by atoms with Gasteiger partial charge in [0.1, 0.15) is 22.5 Å². The van der Waals surface area contributed by atoms with Crippen LogP contribution in [0.3, 0.4) is 0 Å². The predicted molar refractivity (Wildman–Crippen MR) is 101 cm³/mol. The first-order valence-electron chi connectivity index (χ1n) is 8.57. The monoisotopic (exact) mass is 453 g/mol. The molecule has 1 atom stereocenters. The van der Waals surface area contributed by atoms with Gasteiger partial charge in [0, 0.05) is 6.07 Å². The van der Waals surface area contributed by atoms with Crippen molar-refractivity contribution in [2.24, 2.45) is 5.41 Å². The summed E-state index contributed by atoms with van der Waals surface area (Å²) in [7, 11) is 0. The van der Waals surface area contributed by atoms with Gasteiger partial charge in [-0.15, -0.1) is 0 Å². The summed E-state index contributed by atoms with van der Waals surface area (Å²) in [6.07, 6.45) is -3.56. The molecule has 0 fully saturated rings. The minimum atomic E-state index is -4.53. The number of hydrogen-bond donors (Lipinski definition) is 1. The van der Waals surface area contributed by atoms with E-state index in [1.54, 1.807) is 0 Å². The van der Waals surface area contributed by atoms with Crippen molar-refractivity contribution < 1.29 is 27.4 Å². The van der Waals surface area contributed by atoms with E-state index >= 15 is 0 Å². The van der Waals surface area contributed by atoms with Gasteiger partial charge in [-0.25, -0.2) is 14.9 Å². The maximum atomic E-state index is 13.7. The number of alkyl halides is 3. The Balaban J connectivity index is 2.05. The fourth-order valence-corrected chi connectivity index (χ4v) is 2.78. The van der Waals surface area contributed by atoms with E-state index in [0.29, 0.717) is 0 Å². The minimum absolute atomic E-state index is 0.0229. The molecule has 1 N–H and O–H groups in total. The molecular formula is C18H20Cl2F3N3O3. The summed E-state index contributed by atoms with van der Waals surface area (Å²) in [5.74, 6) is -0.664. The van der Waals surface area contributed by atoms with E-state index in [4.69, 9.17) is 32.7 Å². The molecule has 1 unspecified atom stereocenters. The summed E-state index contributed by atoms with van der Waals surface area (Å²) in [4.78, 5) is 16.1. The van der Waals surface area contributed by atoms with Gasteiger partial charge in [0.15, 0.2) is 0 Å². The Morgan fingerprint density at radius 2 is 1.83 bits per heavy atom. The molecule has 0 radical (unpaired) electrons. The molecule has 29 heavy (non-hydrogen) atoms. The topological polar surface area (TPSA) is 77.1 Å². The second-order valence-electron chi connectivity index (χ2n) is 7.39. The number of carbonyl (C=O) groups is 1. The number of H-pyrrole nitrogens is 1. The van der Waals surface area contributed by atoms with Crippen LogP contribution in [0.2, 0.25) is 10.3 Å². The van der Waals surface area contributed by atoms with Gasteiger partial charge in [-0.3, -0.25) is 0 Å². The molecule has 2 rings (SSSR count). The average molecular weight is 454 g/mol. The maximum absolute atomic E-state index is 13.7. The van der Waals surface area contributed by atoms with Crippen LogP contribution in [0, 0.1) is 5.41 Å². The van der Waals surface area contributed by atoms with Crippen LogP contribution in [0.15, 0.2) is 24.4 Å². The van der Waals surface area contributed by atoms with Gasteiger partial charge in [-0.05, 0) is 45.7 Å². The van der Waals surface area contributed by atoms with Crippen molar-refractivity contribution in [3.8, 4) is 5.88 Å². The zero-order chi connectivity index (χ0) is 21.9. The molecule has 0 saturated carbocycles. The third kappa shape index (κ3) is 6.24. The summed E-state index contributed by atoms with van der Waals surface area (Å²) < 4.78 is 51.6. The van der Waals surface area contributed by atoms with Crippen molar-refractivity contribution in [3.63, 3.8) is 0 Å². The van der Waals surface area contributed by atoms with E-state index in [-0.39, 0.29) is 34.6 Å². The molecule has 2 aromatic rings. The van der Waals surface area contributed by atoms with Gasteiger partial charge in [0.25, 0.3) is 0 Å². The number of rotatable bonds is 8. The highest BCUT2D eigenvalue weighted by Gasteiger charge is 2.52. The van der Waals surface area contributed by atoms with E-state index in [2.05, 4.69) is 15.2 Å². The highest BCUT2D eigenvalue weighted by Crippen LogP contribution is 2.43. The average Bonchev–Trinajstić information content (AvgIpc) is 3.10. The van der Waals surface area contributed by atoms with Crippen LogP contribution >= 0.6 is 23.2 Å². The number of aromatic amines is 1. The second kappa shape index (κ2) is 8.79. The Morgan fingerprint density at radius 3 is 2.38 bits per heavy atom. The van der Waals surface area contributed by atoms with Crippen LogP contribution in [-0.2, 0) is 4.74 Å². The number of carbonyl (C=O) groups excluding carboxylic acids is 1. The first-order valence-corrected chi connectivity index (χ1v) is 9.33. The Hall–Kier alpha value is -2.00. The number of halogens is 5. The summed E-state index contributed by atoms with van der Waals surface area (Å²) >= 11 is 11.6. The number of hydrogen-bond acceptors (Lipinski definition) is 5. The van der Waals surface area contributed by atoms with Crippen molar-refractivity contribution in [1.82, 2.24) is 15.2 Å². The largest absolute Gasteiger partial charge is 0.477 e. The van der Waals surface area contributed by atoms with Crippen molar-refractivity contribution in [2.75, 3.05) is 6.61 Å². The summed E-state index contributed by atoms with van der Waals surface area (Å²) in [5, 5.41) is 6.04. The van der Waals surface area contributed by atoms with Gasteiger partial charge in [-0.2, -0.15) is 18.3 Å². The second-order valence-corrected chi connectivity index (χ2v) is 8.13. The molecular weight excluding hydrogens is 434 g/mol. The quantitative estimate of drug-likeness (QED) is 0.423. The molecule has 0 amide bonds. The van der Waals surface area contributed by atoms with E-state index in [1.807, 2.05) is 0 Å². The Morgan fingerprint density at radius 1 is 1.14 bits per heavy atom. The molecule has 160 valence electrons. The van der Waals surface area contributed by atoms with E-state index in [9.17, 15) is 18.0 Å². The van der Waals surface area contributed by atoms with Crippen molar-refractivity contribution >= 4 is 29.2 Å². The first kappa shape index (κ1) is 23.3. The fraction of sp³-hybridized carbons (Fsp3) is 0.500. The highest BCUT2D eigenvalue weighted by atomic mass is 35.5. The van der Waals surface area contributed by atoms with Gasteiger partial charge < -0.3 is 9.47 Å². The van der Waals surface area contributed by atoms with Crippen LogP contribution in [0.25, 0.3) is 0 Å². The molecule has 2 aromatic heterocycles. The van der Waals surface area contributed by atoms with E-state index in [1.165, 1.54) is 38.2 Å². The minimum Gasteiger partial charge on any atom is -0.477 e. The molecule has 0 aliphatic heterocycles. The maximum Gasteiger partial charge on any atom is 0.397 e. The van der Waals surface area contributed by atoms with Crippen LogP contribution in [0.4, 0.5) is 13.2 Å². The van der Waals surface area contributed by atoms with Gasteiger partial charge >= 0.3 is 12.1 Å². The molecule has 6 nitrogen and oxygen atoms in total. The van der Waals surface area contributed by atoms with E-state index < -0.39 is 29.8 Å². The Labute approximate surface area is 175 Å². The lowest BCUT2D eigenvalue weighted by Crippen LogP contribution is -2.42. The zero-order valence-corrected chi connectivity index (χ0v) is 17.5. The molecule has 0 saturated heterocycles. The number of aromatic nitrogens is 3. The van der Waals surface area contributed by atoms with Crippen molar-refractivity contribution in [2.45, 2.75) is 45.4 Å². The van der Waals surface area contributed by atoms with E-state index in [0.717, 1.165) is 6.92 Å². The standard InChI is InChI=1S/C18H20Cl2F3N3O3/c1-16(2,29-15(27)11-4-5-12(19)25-14(11)20)7-8-17(3,18(21,22)23)10-28-13-6-9-24-26-13/h4-6,9H,7-8,10H2,1-3H3,(H,24,26). The van der Waals surface area contributed by atoms with Gasteiger partial charge in [0.05, 0.1) is 17.2 Å². The lowest BCUT2D eigenvalue weighted by molar-refractivity contribution is -0.231. The smallest absolute Gasteiger partial charge is 0.397 e. The number of nitrogens with zero attached hydrogens (tertiary/aromatic N) is 2. The highest BCUT2D eigenvalue weighted by molar-refractivity contribution is 6.34. The van der Waals surface area contributed by atoms with Crippen LogP contribution in [0.1, 0.15) is 44.0 Å². The van der Waals surface area contributed by atoms with Gasteiger partial charge in [0.2, 0.25) is 5.88 Å².